The number of esters is 1. The van der Waals surface area contributed by atoms with Gasteiger partial charge >= 0.3 is 5.97 Å². The van der Waals surface area contributed by atoms with E-state index in [-0.39, 0.29) is 22.1 Å². The van der Waals surface area contributed by atoms with E-state index in [1.54, 1.807) is 32.0 Å². The molecule has 9 heteroatoms. The molecule has 5 nitrogen and oxygen atoms in total. The van der Waals surface area contributed by atoms with Crippen LogP contribution in [0, 0.1) is 0 Å². The lowest BCUT2D eigenvalue weighted by molar-refractivity contribution is 0.0473. The summed E-state index contributed by atoms with van der Waals surface area (Å²) in [7, 11) is -3.73. The molecule has 0 atom stereocenters. The summed E-state index contributed by atoms with van der Waals surface area (Å²) in [6.45, 7) is 3.93. The molecule has 0 fully saturated rings. The Bertz CT molecular complexity index is 923. The van der Waals surface area contributed by atoms with E-state index in [4.69, 9.17) is 39.5 Å². The van der Waals surface area contributed by atoms with E-state index < -0.39 is 16.0 Å². The van der Waals surface area contributed by atoms with Crippen LogP contribution < -0.4 is 0 Å². The average Bonchev–Trinajstić information content (AvgIpc) is 2.62. The summed E-state index contributed by atoms with van der Waals surface area (Å²) in [6.07, 6.45) is 0. The van der Waals surface area contributed by atoms with Crippen LogP contribution in [0.3, 0.4) is 0 Å². The molecule has 0 radical (unpaired) electrons. The fourth-order valence-electron chi connectivity index (χ4n) is 2.42. The van der Waals surface area contributed by atoms with E-state index >= 15 is 0 Å². The maximum absolute atomic E-state index is 12.6. The standard InChI is InChI=1S/C18H18Cl3NO4S/c1-3-22(4-2)27(24,25)12-8-9-17(21)13(10-12)18(23)26-11-14-15(19)6-5-7-16(14)20/h5-10H,3-4,11H2,1-2H3. The average molecular weight is 451 g/mol. The third-order valence-corrected chi connectivity index (χ3v) is 6.99. The second-order valence-electron chi connectivity index (χ2n) is 5.51. The lowest BCUT2D eigenvalue weighted by Crippen LogP contribution is -2.30. The SMILES string of the molecule is CCN(CC)S(=O)(=O)c1ccc(Cl)c(C(=O)OCc2c(Cl)cccc2Cl)c1. The summed E-state index contributed by atoms with van der Waals surface area (Å²) in [6, 6.07) is 8.86. The highest BCUT2D eigenvalue weighted by Crippen LogP contribution is 2.27. The fraction of sp³-hybridized carbons (Fsp3) is 0.278. The number of halogens is 3. The second-order valence-corrected chi connectivity index (χ2v) is 8.67. The maximum Gasteiger partial charge on any atom is 0.340 e. The summed E-state index contributed by atoms with van der Waals surface area (Å²) in [5.41, 5.74) is 0.408. The topological polar surface area (TPSA) is 63.7 Å². The number of benzene rings is 2. The van der Waals surface area contributed by atoms with Crippen molar-refractivity contribution >= 4 is 50.8 Å². The van der Waals surface area contributed by atoms with Gasteiger partial charge in [-0.15, -0.1) is 0 Å². The van der Waals surface area contributed by atoms with Crippen molar-refractivity contribution < 1.29 is 17.9 Å². The van der Waals surface area contributed by atoms with Gasteiger partial charge in [-0.25, -0.2) is 13.2 Å². The lowest BCUT2D eigenvalue weighted by atomic mass is 10.2. The lowest BCUT2D eigenvalue weighted by Gasteiger charge is -2.19. The van der Waals surface area contributed by atoms with Gasteiger partial charge in [-0.1, -0.05) is 54.7 Å². The smallest absolute Gasteiger partial charge is 0.340 e. The van der Waals surface area contributed by atoms with Gasteiger partial charge in [0.2, 0.25) is 10.0 Å². The Kier molecular flexibility index (Phi) is 7.54. The van der Waals surface area contributed by atoms with Crippen molar-refractivity contribution in [2.24, 2.45) is 0 Å². The normalized spacial score (nSPS) is 11.6. The Morgan fingerprint density at radius 2 is 1.59 bits per heavy atom. The van der Waals surface area contributed by atoms with Gasteiger partial charge in [0.05, 0.1) is 15.5 Å². The third kappa shape index (κ3) is 4.95. The van der Waals surface area contributed by atoms with Crippen molar-refractivity contribution in [3.8, 4) is 0 Å². The quantitative estimate of drug-likeness (QED) is 0.555. The molecule has 0 bridgehead atoms. The maximum atomic E-state index is 12.6. The Morgan fingerprint density at radius 3 is 2.15 bits per heavy atom. The number of nitrogens with zero attached hydrogens (tertiary/aromatic N) is 1. The van der Waals surface area contributed by atoms with E-state index in [2.05, 4.69) is 0 Å². The van der Waals surface area contributed by atoms with Crippen LogP contribution in [-0.4, -0.2) is 31.8 Å². The summed E-state index contributed by atoms with van der Waals surface area (Å²) >= 11 is 18.2. The zero-order chi connectivity index (χ0) is 20.2. The van der Waals surface area contributed by atoms with Crippen LogP contribution in [0.5, 0.6) is 0 Å². The molecule has 27 heavy (non-hydrogen) atoms. The molecule has 0 unspecified atom stereocenters. The largest absolute Gasteiger partial charge is 0.457 e. The number of hydrogen-bond acceptors (Lipinski definition) is 4. The van der Waals surface area contributed by atoms with Crippen LogP contribution in [-0.2, 0) is 21.4 Å². The van der Waals surface area contributed by atoms with Gasteiger partial charge in [0, 0.05) is 28.7 Å². The van der Waals surface area contributed by atoms with Crippen LogP contribution in [0.15, 0.2) is 41.3 Å². The minimum Gasteiger partial charge on any atom is -0.457 e. The molecule has 0 aliphatic heterocycles. The number of hydrogen-bond donors (Lipinski definition) is 0. The molecule has 0 heterocycles. The second kappa shape index (κ2) is 9.26. The van der Waals surface area contributed by atoms with E-state index in [1.807, 2.05) is 0 Å². The number of rotatable bonds is 7. The van der Waals surface area contributed by atoms with E-state index in [0.717, 1.165) is 0 Å². The highest BCUT2D eigenvalue weighted by atomic mass is 35.5. The van der Waals surface area contributed by atoms with Crippen molar-refractivity contribution in [3.05, 3.63) is 62.6 Å². The molecule has 2 rings (SSSR count). The molecule has 0 aromatic heterocycles. The summed E-state index contributed by atoms with van der Waals surface area (Å²) in [4.78, 5) is 12.4. The van der Waals surface area contributed by atoms with E-state index in [1.165, 1.54) is 22.5 Å². The van der Waals surface area contributed by atoms with Gasteiger partial charge in [-0.3, -0.25) is 0 Å². The zero-order valence-corrected chi connectivity index (χ0v) is 17.8. The van der Waals surface area contributed by atoms with Crippen LogP contribution in [0.4, 0.5) is 0 Å². The molecule has 0 saturated heterocycles. The Morgan fingerprint density at radius 1 is 1.00 bits per heavy atom. The molecular weight excluding hydrogens is 433 g/mol. The first kappa shape index (κ1) is 22.0. The van der Waals surface area contributed by atoms with Gasteiger partial charge in [0.1, 0.15) is 6.61 Å². The molecule has 0 saturated carbocycles. The highest BCUT2D eigenvalue weighted by Gasteiger charge is 2.24. The molecule has 0 aliphatic rings. The predicted molar refractivity (Wildman–Crippen MR) is 107 cm³/mol. The van der Waals surface area contributed by atoms with Gasteiger partial charge in [0.15, 0.2) is 0 Å². The molecule has 0 spiro atoms. The van der Waals surface area contributed by atoms with E-state index in [9.17, 15) is 13.2 Å². The summed E-state index contributed by atoms with van der Waals surface area (Å²) in [5.74, 6) is -0.771. The van der Waals surface area contributed by atoms with Crippen molar-refractivity contribution in [3.63, 3.8) is 0 Å². The van der Waals surface area contributed by atoms with Gasteiger partial charge in [0.25, 0.3) is 0 Å². The summed E-state index contributed by atoms with van der Waals surface area (Å²) in [5, 5.41) is 0.808. The van der Waals surface area contributed by atoms with Crippen LogP contribution in [0.2, 0.25) is 15.1 Å². The van der Waals surface area contributed by atoms with E-state index in [0.29, 0.717) is 28.7 Å². The van der Waals surface area contributed by atoms with Gasteiger partial charge in [-0.05, 0) is 30.3 Å². The molecule has 0 amide bonds. The highest BCUT2D eigenvalue weighted by molar-refractivity contribution is 7.89. The number of sulfonamides is 1. The van der Waals surface area contributed by atoms with Gasteiger partial charge in [-0.2, -0.15) is 4.31 Å². The van der Waals surface area contributed by atoms with Crippen LogP contribution >= 0.6 is 34.8 Å². The first-order chi connectivity index (χ1) is 12.7. The monoisotopic (exact) mass is 449 g/mol. The molecule has 146 valence electrons. The van der Waals surface area contributed by atoms with Crippen LogP contribution in [0.25, 0.3) is 0 Å². The minimum atomic E-state index is -3.73. The Balaban J connectivity index is 2.29. The number of ether oxygens (including phenoxy) is 1. The Hall–Kier alpha value is -1.31. The molecular formula is C18H18Cl3NO4S. The molecule has 2 aromatic rings. The zero-order valence-electron chi connectivity index (χ0n) is 14.7. The molecule has 2 aromatic carbocycles. The fourth-order valence-corrected chi connectivity index (χ4v) is 4.61. The minimum absolute atomic E-state index is 0.0293. The number of carbonyl (C=O) groups is 1. The van der Waals surface area contributed by atoms with Crippen LogP contribution in [0.1, 0.15) is 29.8 Å². The Labute approximate surface area is 173 Å². The third-order valence-electron chi connectivity index (χ3n) is 3.91. The number of carbonyl (C=O) groups excluding carboxylic acids is 1. The van der Waals surface area contributed by atoms with Crippen molar-refractivity contribution in [1.29, 1.82) is 0 Å². The summed E-state index contributed by atoms with van der Waals surface area (Å²) < 4.78 is 31.8. The predicted octanol–water partition coefficient (Wildman–Crippen LogP) is 5.03. The van der Waals surface area contributed by atoms with Crippen molar-refractivity contribution in [2.45, 2.75) is 25.3 Å². The van der Waals surface area contributed by atoms with Crippen molar-refractivity contribution in [2.75, 3.05) is 13.1 Å². The van der Waals surface area contributed by atoms with Gasteiger partial charge < -0.3 is 4.74 Å². The first-order valence-electron chi connectivity index (χ1n) is 8.12. The first-order valence-corrected chi connectivity index (χ1v) is 10.7. The molecule has 0 aliphatic carbocycles. The van der Waals surface area contributed by atoms with Crippen molar-refractivity contribution in [1.82, 2.24) is 4.31 Å². The molecule has 0 N–H and O–H groups in total.